The van der Waals surface area contributed by atoms with Gasteiger partial charge in [-0.1, -0.05) is 36.4 Å². The topological polar surface area (TPSA) is 49.9 Å². The smallest absolute Gasteiger partial charge is 0.277 e. The Morgan fingerprint density at radius 1 is 1.08 bits per heavy atom. The molecule has 0 saturated carbocycles. The Morgan fingerprint density at radius 3 is 2.48 bits per heavy atom. The van der Waals surface area contributed by atoms with Gasteiger partial charge in [0.05, 0.1) is 18.7 Å². The van der Waals surface area contributed by atoms with E-state index in [9.17, 15) is 9.59 Å². The highest BCUT2D eigenvalue weighted by molar-refractivity contribution is 7.11. The lowest BCUT2D eigenvalue weighted by atomic mass is 10.1. The van der Waals surface area contributed by atoms with Crippen molar-refractivity contribution < 1.29 is 14.3 Å². The minimum absolute atomic E-state index is 0.251. The third kappa shape index (κ3) is 3.50. The molecule has 0 saturated heterocycles. The molecular weight excluding hydrogens is 336 g/mol. The van der Waals surface area contributed by atoms with Crippen LogP contribution in [0.5, 0.6) is 0 Å². The monoisotopic (exact) mass is 356 g/mol. The van der Waals surface area contributed by atoms with Crippen molar-refractivity contribution in [1.82, 2.24) is 9.80 Å². The summed E-state index contributed by atoms with van der Waals surface area (Å²) >= 11 is 1.46. The van der Waals surface area contributed by atoms with Crippen LogP contribution in [0.25, 0.3) is 5.57 Å². The fourth-order valence-electron chi connectivity index (χ4n) is 2.88. The molecule has 0 aliphatic carbocycles. The quantitative estimate of drug-likeness (QED) is 0.716. The summed E-state index contributed by atoms with van der Waals surface area (Å²) in [6.45, 7) is 1.14. The van der Waals surface area contributed by atoms with Gasteiger partial charge in [-0.25, -0.2) is 0 Å². The lowest BCUT2D eigenvalue weighted by Crippen LogP contribution is -2.36. The molecule has 1 aliphatic rings. The fourth-order valence-corrected chi connectivity index (χ4v) is 3.64. The van der Waals surface area contributed by atoms with E-state index in [0.717, 1.165) is 10.4 Å². The van der Waals surface area contributed by atoms with Crippen LogP contribution in [0.2, 0.25) is 0 Å². The van der Waals surface area contributed by atoms with Gasteiger partial charge in [0.15, 0.2) is 0 Å². The van der Waals surface area contributed by atoms with E-state index in [1.807, 2.05) is 59.8 Å². The van der Waals surface area contributed by atoms with Crippen molar-refractivity contribution >= 4 is 28.7 Å². The number of imide groups is 1. The van der Waals surface area contributed by atoms with Gasteiger partial charge in [-0.15, -0.1) is 11.3 Å². The number of rotatable bonds is 7. The molecule has 0 fully saturated rings. The number of thiophene rings is 1. The molecule has 0 unspecified atom stereocenters. The van der Waals surface area contributed by atoms with Crippen molar-refractivity contribution in [1.29, 1.82) is 0 Å². The number of amides is 2. The number of benzene rings is 1. The van der Waals surface area contributed by atoms with Crippen LogP contribution in [0.15, 0.2) is 53.5 Å². The maximum atomic E-state index is 12.9. The van der Waals surface area contributed by atoms with Gasteiger partial charge in [0.25, 0.3) is 11.8 Å². The number of methoxy groups -OCH3 is 1. The molecule has 0 bridgehead atoms. The lowest BCUT2D eigenvalue weighted by Gasteiger charge is -2.21. The van der Waals surface area contributed by atoms with Crippen molar-refractivity contribution in [2.24, 2.45) is 0 Å². The number of ether oxygens (including phenoxy) is 1. The first kappa shape index (κ1) is 17.4. The highest BCUT2D eigenvalue weighted by Gasteiger charge is 2.40. The van der Waals surface area contributed by atoms with E-state index in [-0.39, 0.29) is 18.4 Å². The Hall–Kier alpha value is -2.44. The maximum absolute atomic E-state index is 12.9. The third-order valence-electron chi connectivity index (χ3n) is 4.07. The number of hydrogen-bond donors (Lipinski definition) is 0. The van der Waals surface area contributed by atoms with Crippen LogP contribution in [-0.4, -0.2) is 48.9 Å². The van der Waals surface area contributed by atoms with E-state index in [2.05, 4.69) is 0 Å². The maximum Gasteiger partial charge on any atom is 0.277 e. The Bertz CT molecular complexity index is 784. The number of carbonyl (C=O) groups excluding carboxylic acids is 2. The Kier molecular flexibility index (Phi) is 5.31. The average molecular weight is 356 g/mol. The normalized spacial score (nSPS) is 14.6. The van der Waals surface area contributed by atoms with Gasteiger partial charge >= 0.3 is 0 Å². The van der Waals surface area contributed by atoms with Gasteiger partial charge in [-0.05, 0) is 17.0 Å². The highest BCUT2D eigenvalue weighted by Crippen LogP contribution is 2.33. The van der Waals surface area contributed by atoms with Crippen molar-refractivity contribution in [3.63, 3.8) is 0 Å². The van der Waals surface area contributed by atoms with E-state index >= 15 is 0 Å². The zero-order valence-electron chi connectivity index (χ0n) is 14.3. The van der Waals surface area contributed by atoms with Crippen LogP contribution in [0, 0.1) is 0 Å². The Morgan fingerprint density at radius 2 is 1.84 bits per heavy atom. The minimum atomic E-state index is -0.260. The van der Waals surface area contributed by atoms with Gasteiger partial charge in [0.1, 0.15) is 5.70 Å². The van der Waals surface area contributed by atoms with Crippen LogP contribution >= 0.6 is 11.3 Å². The molecule has 0 N–H and O–H groups in total. The summed E-state index contributed by atoms with van der Waals surface area (Å²) in [4.78, 5) is 29.7. The molecule has 2 amide bonds. The van der Waals surface area contributed by atoms with E-state index in [0.29, 0.717) is 24.4 Å². The first-order valence-electron chi connectivity index (χ1n) is 8.02. The van der Waals surface area contributed by atoms with Crippen LogP contribution in [-0.2, 0) is 20.9 Å². The summed E-state index contributed by atoms with van der Waals surface area (Å²) in [6, 6.07) is 13.7. The zero-order valence-corrected chi connectivity index (χ0v) is 15.1. The second-order valence-electron chi connectivity index (χ2n) is 5.80. The summed E-state index contributed by atoms with van der Waals surface area (Å²) in [7, 11) is 3.40. The molecule has 1 aromatic heterocycles. The average Bonchev–Trinajstić information content (AvgIpc) is 3.21. The number of likely N-dealkylation sites (N-methyl/N-ethyl adjacent to an activating group) is 1. The zero-order chi connectivity index (χ0) is 17.8. The van der Waals surface area contributed by atoms with Gasteiger partial charge in [0.2, 0.25) is 0 Å². The Labute approximate surface area is 151 Å². The van der Waals surface area contributed by atoms with Crippen molar-refractivity contribution in [3.05, 3.63) is 64.0 Å². The van der Waals surface area contributed by atoms with Crippen molar-refractivity contribution in [3.8, 4) is 0 Å². The van der Waals surface area contributed by atoms with Gasteiger partial charge in [-0.2, -0.15) is 0 Å². The molecule has 2 aromatic rings. The SMILES string of the molecule is COCCN1C(=O)C(c2cccs2)=C(N(C)Cc2ccccc2)C1=O. The Balaban J connectivity index is 1.95. The van der Waals surface area contributed by atoms with Crippen molar-refractivity contribution in [2.75, 3.05) is 27.3 Å². The first-order valence-corrected chi connectivity index (χ1v) is 8.89. The predicted octanol–water partition coefficient (Wildman–Crippen LogP) is 2.61. The molecule has 5 nitrogen and oxygen atoms in total. The largest absolute Gasteiger partial charge is 0.383 e. The first-order chi connectivity index (χ1) is 12.1. The summed E-state index contributed by atoms with van der Waals surface area (Å²) in [5, 5.41) is 1.91. The molecule has 6 heteroatoms. The predicted molar refractivity (Wildman–Crippen MR) is 97.7 cm³/mol. The van der Waals surface area contributed by atoms with Gasteiger partial charge in [-0.3, -0.25) is 14.5 Å². The number of carbonyl (C=O) groups is 2. The molecule has 25 heavy (non-hydrogen) atoms. The molecular formula is C19H20N2O3S. The molecule has 3 rings (SSSR count). The molecule has 0 spiro atoms. The van der Waals surface area contributed by atoms with Crippen molar-refractivity contribution in [2.45, 2.75) is 6.54 Å². The highest BCUT2D eigenvalue weighted by atomic mass is 32.1. The van der Waals surface area contributed by atoms with Crippen LogP contribution in [0.4, 0.5) is 0 Å². The van der Waals surface area contributed by atoms with Crippen LogP contribution in [0.3, 0.4) is 0 Å². The molecule has 1 aromatic carbocycles. The third-order valence-corrected chi connectivity index (χ3v) is 4.96. The fraction of sp³-hybridized carbons (Fsp3) is 0.263. The van der Waals surface area contributed by atoms with E-state index in [1.54, 1.807) is 7.11 Å². The molecule has 1 aliphatic heterocycles. The summed E-state index contributed by atoms with van der Waals surface area (Å²) in [6.07, 6.45) is 0. The molecule has 0 radical (unpaired) electrons. The van der Waals surface area contributed by atoms with E-state index < -0.39 is 0 Å². The lowest BCUT2D eigenvalue weighted by molar-refractivity contribution is -0.138. The second kappa shape index (κ2) is 7.63. The number of hydrogen-bond acceptors (Lipinski definition) is 5. The van der Waals surface area contributed by atoms with Crippen LogP contribution < -0.4 is 0 Å². The molecule has 0 atom stereocenters. The van der Waals surface area contributed by atoms with Crippen LogP contribution in [0.1, 0.15) is 10.4 Å². The summed E-state index contributed by atoms with van der Waals surface area (Å²) in [5.41, 5.74) is 2.01. The molecule has 130 valence electrons. The minimum Gasteiger partial charge on any atom is -0.383 e. The number of nitrogens with zero attached hydrogens (tertiary/aromatic N) is 2. The summed E-state index contributed by atoms with van der Waals surface area (Å²) in [5.74, 6) is -0.511. The standard InChI is InChI=1S/C19H20N2O3S/c1-20(13-14-7-4-3-5-8-14)17-16(15-9-6-12-25-15)18(22)21(19(17)23)10-11-24-2/h3-9,12H,10-11,13H2,1-2H3. The van der Waals surface area contributed by atoms with E-state index in [4.69, 9.17) is 4.74 Å². The van der Waals surface area contributed by atoms with Gasteiger partial charge < -0.3 is 9.64 Å². The molecule has 2 heterocycles. The van der Waals surface area contributed by atoms with Gasteiger partial charge in [0, 0.05) is 25.6 Å². The van der Waals surface area contributed by atoms with E-state index in [1.165, 1.54) is 16.2 Å². The second-order valence-corrected chi connectivity index (χ2v) is 6.75. The summed E-state index contributed by atoms with van der Waals surface area (Å²) < 4.78 is 5.04.